The molecule has 3 aromatic heterocycles. The van der Waals surface area contributed by atoms with Gasteiger partial charge in [-0.2, -0.15) is 10.3 Å². The second-order valence-electron chi connectivity index (χ2n) is 10.8. The summed E-state index contributed by atoms with van der Waals surface area (Å²) in [7, 11) is 0. The van der Waals surface area contributed by atoms with Crippen molar-refractivity contribution in [3.8, 4) is 17.2 Å². The standard InChI is InChI=1S/C30H36N8/c1-5-6-12-27-31-26(18-15-22-10-8-7-9-11-22)34-38(27)21-23-13-16-24(17-14-23)37-20-19-25(30(2,3)4)28(37)29-32-35-36-33-29/h7-11,13-14,16-17,19-20H,5-6,12,15,18,21H2,1-4H3,(H,32,33,35,36). The lowest BCUT2D eigenvalue weighted by Gasteiger charge is -2.19. The van der Waals surface area contributed by atoms with Gasteiger partial charge in [-0.1, -0.05) is 76.6 Å². The molecule has 0 aliphatic carbocycles. The third kappa shape index (κ3) is 5.74. The quantitative estimate of drug-likeness (QED) is 0.260. The Kier molecular flexibility index (Phi) is 7.49. The minimum atomic E-state index is -0.0542. The first-order valence-electron chi connectivity index (χ1n) is 13.4. The Bertz CT molecular complexity index is 1440. The summed E-state index contributed by atoms with van der Waals surface area (Å²) in [5.74, 6) is 2.58. The van der Waals surface area contributed by atoms with Crippen molar-refractivity contribution in [1.82, 2.24) is 40.0 Å². The third-order valence-corrected chi connectivity index (χ3v) is 6.82. The van der Waals surface area contributed by atoms with Crippen molar-refractivity contribution in [2.75, 3.05) is 0 Å². The molecular weight excluding hydrogens is 472 g/mol. The van der Waals surface area contributed by atoms with Crippen molar-refractivity contribution in [1.29, 1.82) is 0 Å². The number of hydrogen-bond acceptors (Lipinski definition) is 5. The maximum Gasteiger partial charge on any atom is 0.221 e. The highest BCUT2D eigenvalue weighted by Gasteiger charge is 2.25. The minimum absolute atomic E-state index is 0.0542. The van der Waals surface area contributed by atoms with Gasteiger partial charge in [0.2, 0.25) is 5.82 Å². The molecular formula is C30H36N8. The van der Waals surface area contributed by atoms with Crippen LogP contribution in [0.15, 0.2) is 66.9 Å². The molecule has 0 bridgehead atoms. The highest BCUT2D eigenvalue weighted by molar-refractivity contribution is 5.62. The van der Waals surface area contributed by atoms with Crippen LogP contribution in [0.1, 0.15) is 68.9 Å². The van der Waals surface area contributed by atoms with Gasteiger partial charge in [0.1, 0.15) is 5.82 Å². The average molecular weight is 509 g/mol. The Balaban J connectivity index is 1.37. The molecule has 3 heterocycles. The SMILES string of the molecule is CCCCc1nc(CCc2ccccc2)nn1Cc1ccc(-n2ccc(C(C)(C)C)c2-c2nn[nH]n2)cc1. The fourth-order valence-electron chi connectivity index (χ4n) is 4.76. The van der Waals surface area contributed by atoms with E-state index in [4.69, 9.17) is 10.1 Å². The second kappa shape index (κ2) is 11.1. The van der Waals surface area contributed by atoms with Crippen molar-refractivity contribution >= 4 is 0 Å². The van der Waals surface area contributed by atoms with Crippen LogP contribution >= 0.6 is 0 Å². The summed E-state index contributed by atoms with van der Waals surface area (Å²) in [6.07, 6.45) is 7.07. The normalized spacial score (nSPS) is 11.8. The van der Waals surface area contributed by atoms with E-state index < -0.39 is 0 Å². The Morgan fingerprint density at radius 3 is 2.34 bits per heavy atom. The lowest BCUT2D eigenvalue weighted by atomic mass is 9.87. The summed E-state index contributed by atoms with van der Waals surface area (Å²) in [4.78, 5) is 4.91. The van der Waals surface area contributed by atoms with Crippen molar-refractivity contribution < 1.29 is 0 Å². The number of nitrogens with one attached hydrogen (secondary N) is 1. The van der Waals surface area contributed by atoms with Crippen molar-refractivity contribution in [2.45, 2.75) is 71.8 Å². The number of aromatic nitrogens is 8. The van der Waals surface area contributed by atoms with Gasteiger partial charge in [0.05, 0.1) is 12.2 Å². The number of tetrazole rings is 1. The highest BCUT2D eigenvalue weighted by Crippen LogP contribution is 2.34. The molecule has 8 heteroatoms. The fraction of sp³-hybridized carbons (Fsp3) is 0.367. The molecule has 0 saturated carbocycles. The van der Waals surface area contributed by atoms with Crippen LogP contribution < -0.4 is 0 Å². The zero-order chi connectivity index (χ0) is 26.5. The van der Waals surface area contributed by atoms with E-state index in [1.807, 2.05) is 0 Å². The Hall–Kier alpha value is -4.07. The summed E-state index contributed by atoms with van der Waals surface area (Å²) in [5.41, 5.74) is 5.64. The lowest BCUT2D eigenvalue weighted by molar-refractivity contribution is 0.591. The van der Waals surface area contributed by atoms with E-state index in [1.165, 1.54) is 16.7 Å². The van der Waals surface area contributed by atoms with Crippen LogP contribution in [0.4, 0.5) is 0 Å². The first kappa shape index (κ1) is 25.6. The van der Waals surface area contributed by atoms with Crippen molar-refractivity contribution in [3.05, 3.63) is 95.2 Å². The van der Waals surface area contributed by atoms with Gasteiger partial charge in [-0.05, 0) is 58.4 Å². The maximum atomic E-state index is 4.91. The van der Waals surface area contributed by atoms with Gasteiger partial charge in [0.15, 0.2) is 5.82 Å². The summed E-state index contributed by atoms with van der Waals surface area (Å²) >= 11 is 0. The first-order valence-corrected chi connectivity index (χ1v) is 13.4. The molecule has 0 spiro atoms. The van der Waals surface area contributed by atoms with Gasteiger partial charge >= 0.3 is 0 Å². The first-order chi connectivity index (χ1) is 18.4. The number of unbranched alkanes of at least 4 members (excludes halogenated alkanes) is 1. The number of nitrogens with zero attached hydrogens (tertiary/aromatic N) is 7. The molecule has 0 fully saturated rings. The maximum absolute atomic E-state index is 4.91. The summed E-state index contributed by atoms with van der Waals surface area (Å²) < 4.78 is 4.22. The summed E-state index contributed by atoms with van der Waals surface area (Å²) in [5, 5.41) is 19.8. The number of rotatable bonds is 10. The fourth-order valence-corrected chi connectivity index (χ4v) is 4.76. The Morgan fingerprint density at radius 2 is 1.66 bits per heavy atom. The largest absolute Gasteiger partial charge is 0.313 e. The number of benzene rings is 2. The van der Waals surface area contributed by atoms with E-state index in [0.717, 1.165) is 55.1 Å². The molecule has 196 valence electrons. The van der Waals surface area contributed by atoms with Crippen LogP contribution in [0, 0.1) is 0 Å². The number of aromatic amines is 1. The van der Waals surface area contributed by atoms with E-state index in [9.17, 15) is 0 Å². The predicted octanol–water partition coefficient (Wildman–Crippen LogP) is 5.72. The molecule has 0 unspecified atom stereocenters. The molecule has 5 aromatic rings. The van der Waals surface area contributed by atoms with Crippen LogP contribution in [0.3, 0.4) is 0 Å². The van der Waals surface area contributed by atoms with Crippen LogP contribution in [-0.4, -0.2) is 40.0 Å². The van der Waals surface area contributed by atoms with E-state index in [1.54, 1.807) is 0 Å². The average Bonchev–Trinajstić information content (AvgIpc) is 3.67. The van der Waals surface area contributed by atoms with Gasteiger partial charge in [0.25, 0.3) is 0 Å². The van der Waals surface area contributed by atoms with Crippen molar-refractivity contribution in [3.63, 3.8) is 0 Å². The molecule has 0 aliphatic heterocycles. The van der Waals surface area contributed by atoms with E-state index in [-0.39, 0.29) is 5.41 Å². The van der Waals surface area contributed by atoms with Gasteiger partial charge in [-0.3, -0.25) is 0 Å². The highest BCUT2D eigenvalue weighted by atomic mass is 15.5. The molecule has 0 amide bonds. The molecule has 1 N–H and O–H groups in total. The van der Waals surface area contributed by atoms with Gasteiger partial charge in [-0.15, -0.1) is 10.2 Å². The molecule has 0 aliphatic rings. The third-order valence-electron chi connectivity index (χ3n) is 6.82. The molecule has 8 nitrogen and oxygen atoms in total. The van der Waals surface area contributed by atoms with E-state index in [2.05, 4.69) is 124 Å². The molecule has 0 atom stereocenters. The minimum Gasteiger partial charge on any atom is -0.313 e. The van der Waals surface area contributed by atoms with Crippen LogP contribution in [0.2, 0.25) is 0 Å². The Morgan fingerprint density at radius 1 is 0.868 bits per heavy atom. The number of H-pyrrole nitrogens is 1. The topological polar surface area (TPSA) is 90.1 Å². The predicted molar refractivity (Wildman–Crippen MR) is 149 cm³/mol. The summed E-state index contributed by atoms with van der Waals surface area (Å²) in [6.45, 7) is 9.50. The second-order valence-corrected chi connectivity index (χ2v) is 10.8. The molecule has 38 heavy (non-hydrogen) atoms. The Labute approximate surface area is 224 Å². The smallest absolute Gasteiger partial charge is 0.221 e. The van der Waals surface area contributed by atoms with E-state index >= 15 is 0 Å². The van der Waals surface area contributed by atoms with Gasteiger partial charge < -0.3 is 4.57 Å². The summed E-state index contributed by atoms with van der Waals surface area (Å²) in [6, 6.07) is 21.3. The lowest BCUT2D eigenvalue weighted by Crippen LogP contribution is -2.13. The van der Waals surface area contributed by atoms with Crippen LogP contribution in [0.5, 0.6) is 0 Å². The zero-order valence-electron chi connectivity index (χ0n) is 22.7. The van der Waals surface area contributed by atoms with Gasteiger partial charge in [-0.25, -0.2) is 9.67 Å². The van der Waals surface area contributed by atoms with Crippen molar-refractivity contribution in [2.24, 2.45) is 0 Å². The molecule has 2 aromatic carbocycles. The van der Waals surface area contributed by atoms with Crippen LogP contribution in [-0.2, 0) is 31.2 Å². The zero-order valence-corrected chi connectivity index (χ0v) is 22.7. The number of aryl methyl sites for hydroxylation is 3. The molecule has 5 rings (SSSR count). The monoisotopic (exact) mass is 508 g/mol. The molecule has 0 radical (unpaired) electrons. The van der Waals surface area contributed by atoms with E-state index in [0.29, 0.717) is 12.4 Å². The number of hydrogen-bond donors (Lipinski definition) is 1. The van der Waals surface area contributed by atoms with Crippen LogP contribution in [0.25, 0.3) is 17.2 Å². The molecule has 0 saturated heterocycles. The van der Waals surface area contributed by atoms with Gasteiger partial charge in [0, 0.05) is 24.7 Å².